The van der Waals surface area contributed by atoms with E-state index in [0.717, 1.165) is 16.7 Å². The summed E-state index contributed by atoms with van der Waals surface area (Å²) in [5, 5.41) is 25.3. The van der Waals surface area contributed by atoms with E-state index in [1.165, 1.54) is 5.01 Å². The number of tetrazole rings is 1. The second-order valence-corrected chi connectivity index (χ2v) is 7.50. The third kappa shape index (κ3) is 6.24. The topological polar surface area (TPSA) is 133 Å². The van der Waals surface area contributed by atoms with Crippen LogP contribution in [0.25, 0.3) is 11.1 Å². The van der Waals surface area contributed by atoms with Crippen LogP contribution in [0.5, 0.6) is 0 Å². The maximum atomic E-state index is 12.3. The van der Waals surface area contributed by atoms with Gasteiger partial charge in [0.25, 0.3) is 0 Å². The molecule has 0 saturated heterocycles. The number of rotatable bonds is 9. The van der Waals surface area contributed by atoms with E-state index < -0.39 is 18.0 Å². The zero-order valence-electron chi connectivity index (χ0n) is 17.0. The lowest BCUT2D eigenvalue weighted by Crippen LogP contribution is -2.47. The Balaban J connectivity index is 1.76. The summed E-state index contributed by atoms with van der Waals surface area (Å²) in [5.41, 5.74) is 5.00. The van der Waals surface area contributed by atoms with Crippen LogP contribution in [0, 0.1) is 0 Å². The van der Waals surface area contributed by atoms with Crippen molar-refractivity contribution in [1.29, 1.82) is 0 Å². The highest BCUT2D eigenvalue weighted by Crippen LogP contribution is 2.30. The molecule has 10 nitrogen and oxygen atoms in total. The molecule has 0 aliphatic rings. The minimum absolute atomic E-state index is 0.119. The van der Waals surface area contributed by atoms with Crippen LogP contribution in [-0.4, -0.2) is 61.9 Å². The Labute approximate surface area is 193 Å². The summed E-state index contributed by atoms with van der Waals surface area (Å²) in [7, 11) is 0. The average molecular weight is 479 g/mol. The van der Waals surface area contributed by atoms with Crippen molar-refractivity contribution < 1.29 is 19.4 Å². The van der Waals surface area contributed by atoms with Crippen LogP contribution in [0.3, 0.4) is 0 Å². The summed E-state index contributed by atoms with van der Waals surface area (Å²) in [6.07, 6.45) is -1.47. The number of H-pyrrole nitrogens is 1. The first-order chi connectivity index (χ1) is 15.4. The van der Waals surface area contributed by atoms with Crippen molar-refractivity contribution in [2.24, 2.45) is 0 Å². The number of hydrogen-bond acceptors (Lipinski definition) is 8. The normalized spacial score (nSPS) is 11.9. The monoisotopic (exact) mass is 478 g/mol. The fraction of sp³-hybridized carbons (Fsp3) is 0.250. The van der Waals surface area contributed by atoms with E-state index in [0.29, 0.717) is 10.0 Å². The molecule has 0 aliphatic carbocycles. The number of benzene rings is 2. The minimum Gasteiger partial charge on any atom is -0.464 e. The third-order valence-corrected chi connectivity index (χ3v) is 4.90. The molecule has 0 saturated carbocycles. The van der Waals surface area contributed by atoms with Gasteiger partial charge in [0.05, 0.1) is 13.2 Å². The fourth-order valence-electron chi connectivity index (χ4n) is 2.85. The third-order valence-electron chi connectivity index (χ3n) is 4.34. The van der Waals surface area contributed by atoms with Crippen LogP contribution >= 0.6 is 23.2 Å². The molecular weight excluding hydrogens is 459 g/mol. The molecule has 32 heavy (non-hydrogen) atoms. The van der Waals surface area contributed by atoms with Crippen LogP contribution in [0.4, 0.5) is 0 Å². The van der Waals surface area contributed by atoms with Gasteiger partial charge in [0, 0.05) is 22.2 Å². The molecule has 0 spiro atoms. The first-order valence-electron chi connectivity index (χ1n) is 9.56. The van der Waals surface area contributed by atoms with Crippen LogP contribution in [0.1, 0.15) is 23.1 Å². The zero-order chi connectivity index (χ0) is 23.1. The Morgan fingerprint density at radius 1 is 1.22 bits per heavy atom. The van der Waals surface area contributed by atoms with Gasteiger partial charge in [0.1, 0.15) is 0 Å². The van der Waals surface area contributed by atoms with Gasteiger partial charge in [-0.05, 0) is 46.7 Å². The van der Waals surface area contributed by atoms with Crippen molar-refractivity contribution in [2.75, 3.05) is 13.2 Å². The number of ether oxygens (including phenoxy) is 1. The molecule has 1 unspecified atom stereocenters. The van der Waals surface area contributed by atoms with Crippen LogP contribution < -0.4 is 5.43 Å². The summed E-state index contributed by atoms with van der Waals surface area (Å²) in [4.78, 5) is 24.2. The summed E-state index contributed by atoms with van der Waals surface area (Å²) in [6.45, 7) is 1.72. The second-order valence-electron chi connectivity index (χ2n) is 6.66. The maximum absolute atomic E-state index is 12.3. The van der Waals surface area contributed by atoms with Gasteiger partial charge in [-0.15, -0.1) is 5.10 Å². The van der Waals surface area contributed by atoms with Gasteiger partial charge in [-0.2, -0.15) is 0 Å². The molecule has 12 heteroatoms. The smallest absolute Gasteiger partial charge is 0.336 e. The lowest BCUT2D eigenvalue weighted by Gasteiger charge is -2.24. The molecule has 3 aromatic rings. The molecule has 168 valence electrons. The van der Waals surface area contributed by atoms with Crippen LogP contribution in [-0.2, 0) is 16.1 Å². The summed E-state index contributed by atoms with van der Waals surface area (Å²) >= 11 is 12.3. The number of nitrogens with one attached hydrogen (secondary N) is 2. The largest absolute Gasteiger partial charge is 0.464 e. The minimum atomic E-state index is -1.47. The second kappa shape index (κ2) is 11.0. The number of aliphatic hydroxyl groups excluding tert-OH is 1. The number of carbonyl (C=O) groups is 2. The first-order valence-corrected chi connectivity index (χ1v) is 10.3. The Morgan fingerprint density at radius 2 is 1.97 bits per heavy atom. The lowest BCUT2D eigenvalue weighted by atomic mass is 10.0. The van der Waals surface area contributed by atoms with Gasteiger partial charge in [0.15, 0.2) is 6.10 Å². The molecule has 0 radical (unpaired) electrons. The number of hydrogen-bond donors (Lipinski definition) is 3. The number of esters is 1. The Kier molecular flexibility index (Phi) is 8.12. The molecule has 0 bridgehead atoms. The van der Waals surface area contributed by atoms with E-state index in [4.69, 9.17) is 27.9 Å². The van der Waals surface area contributed by atoms with Crippen molar-refractivity contribution in [1.82, 2.24) is 31.1 Å². The number of aromatic nitrogens is 4. The molecule has 0 aliphatic heterocycles. The molecule has 3 N–H and O–H groups in total. The molecule has 3 rings (SSSR count). The van der Waals surface area contributed by atoms with Crippen molar-refractivity contribution in [3.05, 3.63) is 63.9 Å². The Bertz CT molecular complexity index is 1060. The van der Waals surface area contributed by atoms with Crippen LogP contribution in [0.2, 0.25) is 10.0 Å². The van der Waals surface area contributed by atoms with E-state index in [-0.39, 0.29) is 25.5 Å². The van der Waals surface area contributed by atoms with Gasteiger partial charge in [-0.25, -0.2) is 14.9 Å². The van der Waals surface area contributed by atoms with Gasteiger partial charge in [0.2, 0.25) is 5.82 Å². The highest BCUT2D eigenvalue weighted by Gasteiger charge is 2.23. The van der Waals surface area contributed by atoms with E-state index in [1.54, 1.807) is 25.1 Å². The molecular formula is C20H20Cl2N6O4. The number of carbonyl (C=O) groups excluding carboxylic acids is 2. The Morgan fingerprint density at radius 3 is 2.62 bits per heavy atom. The quantitative estimate of drug-likeness (QED) is 0.315. The standard InChI is InChI=1S/C20H20Cl2N6O4/c1-2-32-20(31)17(29)11-28(25-19(30)18-23-26-27-24-18)10-12-3-5-13(6-4-12)15-9-14(21)7-8-16(15)22/h3-9,17,29H,2,10-11H2,1H3,(H,25,30)(H,23,24,26,27). The molecule has 1 atom stereocenters. The number of aliphatic hydroxyl groups is 1. The zero-order valence-corrected chi connectivity index (χ0v) is 18.5. The van der Waals surface area contributed by atoms with E-state index in [9.17, 15) is 14.7 Å². The van der Waals surface area contributed by atoms with Gasteiger partial charge in [-0.3, -0.25) is 10.2 Å². The van der Waals surface area contributed by atoms with Crippen LogP contribution in [0.15, 0.2) is 42.5 Å². The van der Waals surface area contributed by atoms with Gasteiger partial charge >= 0.3 is 11.9 Å². The number of aromatic amines is 1. The SMILES string of the molecule is CCOC(=O)C(O)CN(Cc1ccc(-c2cc(Cl)ccc2Cl)cc1)NC(=O)c1nnn[nH]1. The number of amides is 1. The van der Waals surface area contributed by atoms with Crippen molar-refractivity contribution >= 4 is 35.1 Å². The predicted molar refractivity (Wildman–Crippen MR) is 117 cm³/mol. The van der Waals surface area contributed by atoms with Crippen molar-refractivity contribution in [3.63, 3.8) is 0 Å². The molecule has 1 heterocycles. The van der Waals surface area contributed by atoms with E-state index in [1.807, 2.05) is 24.3 Å². The first kappa shape index (κ1) is 23.6. The maximum Gasteiger partial charge on any atom is 0.336 e. The molecule has 2 aromatic carbocycles. The van der Waals surface area contributed by atoms with Crippen molar-refractivity contribution in [2.45, 2.75) is 19.6 Å². The van der Waals surface area contributed by atoms with E-state index >= 15 is 0 Å². The van der Waals surface area contributed by atoms with E-state index in [2.05, 4.69) is 26.0 Å². The fourth-order valence-corrected chi connectivity index (χ4v) is 3.25. The summed E-state index contributed by atoms with van der Waals surface area (Å²) in [6, 6.07) is 12.6. The predicted octanol–water partition coefficient (Wildman–Crippen LogP) is 2.24. The average Bonchev–Trinajstić information content (AvgIpc) is 3.31. The van der Waals surface area contributed by atoms with Gasteiger partial charge in [-0.1, -0.05) is 47.5 Å². The van der Waals surface area contributed by atoms with Crippen molar-refractivity contribution in [3.8, 4) is 11.1 Å². The summed E-state index contributed by atoms with van der Waals surface area (Å²) in [5.74, 6) is -1.54. The number of nitrogens with zero attached hydrogens (tertiary/aromatic N) is 4. The number of hydrazine groups is 1. The van der Waals surface area contributed by atoms with Gasteiger partial charge < -0.3 is 9.84 Å². The Hall–Kier alpha value is -3.05. The molecule has 0 fully saturated rings. The highest BCUT2D eigenvalue weighted by molar-refractivity contribution is 6.35. The highest BCUT2D eigenvalue weighted by atomic mass is 35.5. The lowest BCUT2D eigenvalue weighted by molar-refractivity contribution is -0.154. The number of halogens is 2. The molecule has 1 aromatic heterocycles. The summed E-state index contributed by atoms with van der Waals surface area (Å²) < 4.78 is 4.83. The molecule has 1 amide bonds.